The average molecular weight is 465 g/mol. The number of anilines is 1. The molecule has 34 heavy (non-hydrogen) atoms. The van der Waals surface area contributed by atoms with Crippen LogP contribution in [0.1, 0.15) is 43.2 Å². The van der Waals surface area contributed by atoms with Gasteiger partial charge in [0.05, 0.1) is 19.6 Å². The molecule has 0 spiro atoms. The zero-order chi connectivity index (χ0) is 23.3. The molecule has 2 saturated heterocycles. The van der Waals surface area contributed by atoms with E-state index in [0.29, 0.717) is 13.0 Å². The Morgan fingerprint density at radius 3 is 2.41 bits per heavy atom. The fourth-order valence-corrected chi connectivity index (χ4v) is 5.34. The molecule has 7 nitrogen and oxygen atoms in total. The summed E-state index contributed by atoms with van der Waals surface area (Å²) < 4.78 is 11.1. The molecule has 2 aromatic rings. The zero-order valence-corrected chi connectivity index (χ0v) is 20.2. The molecule has 0 bridgehead atoms. The number of benzene rings is 1. The van der Waals surface area contributed by atoms with E-state index in [4.69, 9.17) is 9.47 Å². The van der Waals surface area contributed by atoms with Crippen LogP contribution in [0.5, 0.6) is 5.75 Å². The minimum Gasteiger partial charge on any atom is -0.494 e. The molecule has 182 valence electrons. The molecular formula is C27H36N4O3. The number of aromatic nitrogens is 2. The van der Waals surface area contributed by atoms with Crippen LogP contribution in [-0.2, 0) is 22.6 Å². The first-order valence-corrected chi connectivity index (χ1v) is 12.7. The number of carbonyl (C=O) groups is 1. The van der Waals surface area contributed by atoms with Crippen LogP contribution in [0.15, 0.2) is 36.7 Å². The van der Waals surface area contributed by atoms with E-state index >= 15 is 0 Å². The molecule has 0 radical (unpaired) electrons. The normalized spacial score (nSPS) is 22.4. The lowest BCUT2D eigenvalue weighted by atomic mass is 9.90. The van der Waals surface area contributed by atoms with E-state index in [1.54, 1.807) is 7.11 Å². The fourth-order valence-electron chi connectivity index (χ4n) is 5.34. The van der Waals surface area contributed by atoms with Crippen molar-refractivity contribution in [3.05, 3.63) is 47.8 Å². The van der Waals surface area contributed by atoms with Gasteiger partial charge in [0.1, 0.15) is 5.75 Å². The van der Waals surface area contributed by atoms with Gasteiger partial charge in [-0.05, 0) is 67.6 Å². The third-order valence-electron chi connectivity index (χ3n) is 7.65. The SMILES string of the molecule is COCc1cnc(N2CCC([C@@H]3C[C@@H]3CCOc3ccc(CC(=O)N4CCC4)cc3)CC2)nc1. The number of carbonyl (C=O) groups excluding carboxylic acids is 1. The van der Waals surface area contributed by atoms with Crippen molar-refractivity contribution in [1.29, 1.82) is 0 Å². The summed E-state index contributed by atoms with van der Waals surface area (Å²) in [5.41, 5.74) is 2.08. The van der Waals surface area contributed by atoms with Crippen LogP contribution in [0.25, 0.3) is 0 Å². The Labute approximate surface area is 202 Å². The van der Waals surface area contributed by atoms with Gasteiger partial charge in [-0.1, -0.05) is 12.1 Å². The van der Waals surface area contributed by atoms with Crippen molar-refractivity contribution in [2.75, 3.05) is 44.8 Å². The van der Waals surface area contributed by atoms with E-state index in [1.807, 2.05) is 41.6 Å². The highest BCUT2D eigenvalue weighted by Gasteiger charge is 2.43. The van der Waals surface area contributed by atoms with Crippen LogP contribution in [0, 0.1) is 17.8 Å². The number of methoxy groups -OCH3 is 1. The number of likely N-dealkylation sites (tertiary alicyclic amines) is 1. The van der Waals surface area contributed by atoms with E-state index in [1.165, 1.54) is 19.3 Å². The minimum atomic E-state index is 0.234. The number of hydrogen-bond acceptors (Lipinski definition) is 6. The highest BCUT2D eigenvalue weighted by Crippen LogP contribution is 2.49. The quantitative estimate of drug-likeness (QED) is 0.534. The lowest BCUT2D eigenvalue weighted by molar-refractivity contribution is -0.133. The summed E-state index contributed by atoms with van der Waals surface area (Å²) in [6, 6.07) is 8.05. The molecule has 2 aliphatic heterocycles. The maximum absolute atomic E-state index is 12.1. The van der Waals surface area contributed by atoms with Gasteiger partial charge in [0.2, 0.25) is 11.9 Å². The molecule has 0 N–H and O–H groups in total. The Hall–Kier alpha value is -2.67. The molecule has 1 amide bonds. The van der Waals surface area contributed by atoms with Crippen LogP contribution in [0.3, 0.4) is 0 Å². The monoisotopic (exact) mass is 464 g/mol. The molecule has 0 unspecified atom stereocenters. The molecule has 1 saturated carbocycles. The summed E-state index contributed by atoms with van der Waals surface area (Å²) in [6.45, 7) is 5.24. The van der Waals surface area contributed by atoms with Crippen molar-refractivity contribution in [3.8, 4) is 5.75 Å². The lowest BCUT2D eigenvalue weighted by Crippen LogP contribution is -2.42. The first kappa shape index (κ1) is 23.1. The van der Waals surface area contributed by atoms with Crippen LogP contribution in [0.4, 0.5) is 5.95 Å². The first-order chi connectivity index (χ1) is 16.7. The lowest BCUT2D eigenvalue weighted by Gasteiger charge is -2.32. The van der Waals surface area contributed by atoms with Crippen LogP contribution in [-0.4, -0.2) is 60.7 Å². The van der Waals surface area contributed by atoms with Crippen LogP contribution >= 0.6 is 0 Å². The average Bonchev–Trinajstić information content (AvgIpc) is 3.59. The number of piperidine rings is 1. The molecule has 3 aliphatic rings. The molecule has 3 heterocycles. The molecule has 3 fully saturated rings. The Bertz CT molecular complexity index is 937. The van der Waals surface area contributed by atoms with Gasteiger partial charge in [0.25, 0.3) is 0 Å². The summed E-state index contributed by atoms with van der Waals surface area (Å²) in [6.07, 6.45) is 10.3. The zero-order valence-electron chi connectivity index (χ0n) is 20.2. The Morgan fingerprint density at radius 1 is 1.03 bits per heavy atom. The maximum Gasteiger partial charge on any atom is 0.226 e. The van der Waals surface area contributed by atoms with Gasteiger partial charge in [0, 0.05) is 51.2 Å². The van der Waals surface area contributed by atoms with Gasteiger partial charge >= 0.3 is 0 Å². The fraction of sp³-hybridized carbons (Fsp3) is 0.593. The van der Waals surface area contributed by atoms with E-state index in [0.717, 1.165) is 86.2 Å². The number of rotatable bonds is 10. The summed E-state index contributed by atoms with van der Waals surface area (Å²) >= 11 is 0. The highest BCUT2D eigenvalue weighted by atomic mass is 16.5. The molecule has 5 rings (SSSR count). The third-order valence-corrected chi connectivity index (χ3v) is 7.65. The van der Waals surface area contributed by atoms with Crippen molar-refractivity contribution in [2.45, 2.75) is 45.1 Å². The topological polar surface area (TPSA) is 67.8 Å². The Kier molecular flexibility index (Phi) is 7.28. The number of nitrogens with zero attached hydrogens (tertiary/aromatic N) is 4. The van der Waals surface area contributed by atoms with Gasteiger partial charge in [-0.2, -0.15) is 0 Å². The van der Waals surface area contributed by atoms with Gasteiger partial charge in [0.15, 0.2) is 0 Å². The van der Waals surface area contributed by atoms with E-state index in [2.05, 4.69) is 14.9 Å². The standard InChI is InChI=1S/C27H36N4O3/c1-33-19-21-17-28-27(29-18-21)31-12-7-22(8-13-31)25-16-23(25)9-14-34-24-5-3-20(4-6-24)15-26(32)30-10-2-11-30/h3-6,17-18,22-23,25H,2,7-16,19H2,1H3/t23-,25-/m0/s1. The second-order valence-corrected chi connectivity index (χ2v) is 10.0. The largest absolute Gasteiger partial charge is 0.494 e. The van der Waals surface area contributed by atoms with E-state index < -0.39 is 0 Å². The molecule has 7 heteroatoms. The number of hydrogen-bond donors (Lipinski definition) is 0. The smallest absolute Gasteiger partial charge is 0.226 e. The van der Waals surface area contributed by atoms with Gasteiger partial charge in [-0.3, -0.25) is 4.79 Å². The third kappa shape index (κ3) is 5.69. The predicted molar refractivity (Wildman–Crippen MR) is 131 cm³/mol. The Morgan fingerprint density at radius 2 is 1.76 bits per heavy atom. The molecule has 2 atom stereocenters. The van der Waals surface area contributed by atoms with E-state index in [9.17, 15) is 4.79 Å². The van der Waals surface area contributed by atoms with Crippen molar-refractivity contribution in [3.63, 3.8) is 0 Å². The molecule has 1 aliphatic carbocycles. The van der Waals surface area contributed by atoms with Gasteiger partial charge in [-0.15, -0.1) is 0 Å². The summed E-state index contributed by atoms with van der Waals surface area (Å²) in [5, 5.41) is 0. The van der Waals surface area contributed by atoms with Crippen molar-refractivity contribution in [2.24, 2.45) is 17.8 Å². The second kappa shape index (κ2) is 10.7. The predicted octanol–water partition coefficient (Wildman–Crippen LogP) is 3.72. The summed E-state index contributed by atoms with van der Waals surface area (Å²) in [5.74, 6) is 4.45. The van der Waals surface area contributed by atoms with Crippen molar-refractivity contribution < 1.29 is 14.3 Å². The maximum atomic E-state index is 12.1. The molecule has 1 aromatic heterocycles. The second-order valence-electron chi connectivity index (χ2n) is 10.0. The molecule has 1 aromatic carbocycles. The van der Waals surface area contributed by atoms with Crippen LogP contribution < -0.4 is 9.64 Å². The van der Waals surface area contributed by atoms with E-state index in [-0.39, 0.29) is 5.91 Å². The first-order valence-electron chi connectivity index (χ1n) is 12.7. The Balaban J connectivity index is 0.989. The highest BCUT2D eigenvalue weighted by molar-refractivity contribution is 5.79. The van der Waals surface area contributed by atoms with Crippen molar-refractivity contribution >= 4 is 11.9 Å². The minimum absolute atomic E-state index is 0.234. The summed E-state index contributed by atoms with van der Waals surface area (Å²) in [4.78, 5) is 25.4. The van der Waals surface area contributed by atoms with Crippen molar-refractivity contribution in [1.82, 2.24) is 14.9 Å². The van der Waals surface area contributed by atoms with Crippen LogP contribution in [0.2, 0.25) is 0 Å². The molecular weight excluding hydrogens is 428 g/mol. The number of amides is 1. The van der Waals surface area contributed by atoms with Gasteiger partial charge < -0.3 is 19.3 Å². The summed E-state index contributed by atoms with van der Waals surface area (Å²) in [7, 11) is 1.69. The number of ether oxygens (including phenoxy) is 2. The van der Waals surface area contributed by atoms with Gasteiger partial charge in [-0.25, -0.2) is 9.97 Å².